The summed E-state index contributed by atoms with van der Waals surface area (Å²) < 4.78 is 13.4. The van der Waals surface area contributed by atoms with E-state index in [9.17, 15) is 9.18 Å². The van der Waals surface area contributed by atoms with Gasteiger partial charge in [-0.2, -0.15) is 4.39 Å². The first-order chi connectivity index (χ1) is 7.18. The Kier molecular flexibility index (Phi) is 2.66. The molecule has 1 aromatic heterocycles. The molecule has 15 heavy (non-hydrogen) atoms. The topological polar surface area (TPSA) is 33.2 Å². The normalized spacial score (nSPS) is 15.7. The highest BCUT2D eigenvalue weighted by atomic mass is 19.1. The van der Waals surface area contributed by atoms with Crippen LogP contribution in [0.3, 0.4) is 0 Å². The lowest BCUT2D eigenvalue weighted by molar-refractivity contribution is 0.101. The average Bonchev–Trinajstić information content (AvgIpc) is 2.69. The van der Waals surface area contributed by atoms with Crippen LogP contribution in [0.1, 0.15) is 30.1 Å². The summed E-state index contributed by atoms with van der Waals surface area (Å²) in [5.41, 5.74) is 0.0675. The molecule has 0 radical (unpaired) electrons. The molecule has 0 N–H and O–H groups in total. The third kappa shape index (κ3) is 1.98. The van der Waals surface area contributed by atoms with E-state index >= 15 is 0 Å². The molecule has 0 aromatic carbocycles. The number of carbonyl (C=O) groups is 1. The molecule has 2 heterocycles. The second-order valence-corrected chi connectivity index (χ2v) is 3.76. The Morgan fingerprint density at radius 1 is 1.40 bits per heavy atom. The first-order valence-corrected chi connectivity index (χ1v) is 5.11. The van der Waals surface area contributed by atoms with Gasteiger partial charge in [-0.25, -0.2) is 4.98 Å². The van der Waals surface area contributed by atoms with E-state index in [1.807, 2.05) is 4.90 Å². The molecule has 1 fully saturated rings. The molecule has 0 atom stereocenters. The largest absolute Gasteiger partial charge is 0.357 e. The molecule has 0 aliphatic carbocycles. The number of Topliss-reactive ketones (excluding diaryl/α,β-unsaturated/α-hetero) is 1. The van der Waals surface area contributed by atoms with Crippen molar-refractivity contribution in [2.45, 2.75) is 19.8 Å². The van der Waals surface area contributed by atoms with Crippen LogP contribution < -0.4 is 4.90 Å². The van der Waals surface area contributed by atoms with E-state index in [4.69, 9.17) is 0 Å². The fraction of sp³-hybridized carbons (Fsp3) is 0.455. The van der Waals surface area contributed by atoms with Crippen LogP contribution in [0, 0.1) is 5.95 Å². The second kappa shape index (κ2) is 3.96. The van der Waals surface area contributed by atoms with Gasteiger partial charge in [0.05, 0.1) is 5.56 Å². The number of nitrogens with zero attached hydrogens (tertiary/aromatic N) is 2. The maximum absolute atomic E-state index is 13.4. The van der Waals surface area contributed by atoms with Gasteiger partial charge in [-0.1, -0.05) is 0 Å². The number of rotatable bonds is 2. The minimum absolute atomic E-state index is 0.0675. The standard InChI is InChI=1S/C11H13FN2O/c1-8(15)9-4-5-10(13-11(9)12)14-6-2-3-7-14/h4-5H,2-3,6-7H2,1H3. The van der Waals surface area contributed by atoms with Crippen molar-refractivity contribution in [1.29, 1.82) is 0 Å². The highest BCUT2D eigenvalue weighted by molar-refractivity contribution is 5.94. The summed E-state index contributed by atoms with van der Waals surface area (Å²) in [6.07, 6.45) is 2.25. The smallest absolute Gasteiger partial charge is 0.225 e. The van der Waals surface area contributed by atoms with E-state index in [0.29, 0.717) is 5.82 Å². The summed E-state index contributed by atoms with van der Waals surface area (Å²) in [6.45, 7) is 3.19. The highest BCUT2D eigenvalue weighted by Crippen LogP contribution is 2.19. The fourth-order valence-electron chi connectivity index (χ4n) is 1.81. The lowest BCUT2D eigenvalue weighted by Crippen LogP contribution is -2.19. The third-order valence-electron chi connectivity index (χ3n) is 2.64. The molecule has 1 aliphatic heterocycles. The second-order valence-electron chi connectivity index (χ2n) is 3.76. The van der Waals surface area contributed by atoms with Crippen molar-refractivity contribution in [3.05, 3.63) is 23.6 Å². The number of anilines is 1. The maximum atomic E-state index is 13.4. The van der Waals surface area contributed by atoms with Crippen LogP contribution in [-0.2, 0) is 0 Å². The first-order valence-electron chi connectivity index (χ1n) is 5.11. The fourth-order valence-corrected chi connectivity index (χ4v) is 1.81. The summed E-state index contributed by atoms with van der Waals surface area (Å²) in [7, 11) is 0. The number of halogens is 1. The monoisotopic (exact) mass is 208 g/mol. The lowest BCUT2D eigenvalue weighted by Gasteiger charge is -2.16. The minimum atomic E-state index is -0.660. The van der Waals surface area contributed by atoms with Crippen LogP contribution in [0.15, 0.2) is 12.1 Å². The first kappa shape index (κ1) is 10.1. The summed E-state index contributed by atoms with van der Waals surface area (Å²) in [4.78, 5) is 16.9. The maximum Gasteiger partial charge on any atom is 0.225 e. The number of pyridine rings is 1. The molecule has 0 saturated carbocycles. The van der Waals surface area contributed by atoms with Gasteiger partial charge in [-0.05, 0) is 31.9 Å². The van der Waals surface area contributed by atoms with Gasteiger partial charge in [0.1, 0.15) is 5.82 Å². The molecule has 0 spiro atoms. The number of aromatic nitrogens is 1. The van der Waals surface area contributed by atoms with Crippen LogP contribution >= 0.6 is 0 Å². The van der Waals surface area contributed by atoms with E-state index in [0.717, 1.165) is 25.9 Å². The molecule has 0 unspecified atom stereocenters. The van der Waals surface area contributed by atoms with Crippen LogP contribution in [0.4, 0.5) is 10.2 Å². The van der Waals surface area contributed by atoms with Crippen molar-refractivity contribution < 1.29 is 9.18 Å². The van der Waals surface area contributed by atoms with Crippen molar-refractivity contribution in [3.63, 3.8) is 0 Å². The molecule has 4 heteroatoms. The number of ketones is 1. The summed E-state index contributed by atoms with van der Waals surface area (Å²) in [5.74, 6) is -0.310. The number of hydrogen-bond donors (Lipinski definition) is 0. The zero-order chi connectivity index (χ0) is 10.8. The Hall–Kier alpha value is -1.45. The molecule has 2 rings (SSSR count). The molecule has 3 nitrogen and oxygen atoms in total. The van der Waals surface area contributed by atoms with E-state index in [1.165, 1.54) is 13.0 Å². The molecule has 1 aromatic rings. The Morgan fingerprint density at radius 2 is 2.07 bits per heavy atom. The van der Waals surface area contributed by atoms with Gasteiger partial charge in [0.2, 0.25) is 5.95 Å². The van der Waals surface area contributed by atoms with Gasteiger partial charge in [0.15, 0.2) is 5.78 Å². The Morgan fingerprint density at radius 3 is 2.60 bits per heavy atom. The van der Waals surface area contributed by atoms with Crippen molar-refractivity contribution in [3.8, 4) is 0 Å². The Bertz CT molecular complexity index is 386. The minimum Gasteiger partial charge on any atom is -0.357 e. The van der Waals surface area contributed by atoms with Crippen molar-refractivity contribution >= 4 is 11.6 Å². The van der Waals surface area contributed by atoms with E-state index in [-0.39, 0.29) is 11.3 Å². The van der Waals surface area contributed by atoms with Crippen molar-refractivity contribution in [1.82, 2.24) is 4.98 Å². The summed E-state index contributed by atoms with van der Waals surface area (Å²) >= 11 is 0. The van der Waals surface area contributed by atoms with Crippen molar-refractivity contribution in [2.24, 2.45) is 0 Å². The molecule has 0 amide bonds. The van der Waals surface area contributed by atoms with Gasteiger partial charge in [-0.3, -0.25) is 4.79 Å². The predicted molar refractivity (Wildman–Crippen MR) is 55.6 cm³/mol. The Balaban J connectivity index is 2.28. The molecule has 1 saturated heterocycles. The van der Waals surface area contributed by atoms with Gasteiger partial charge in [-0.15, -0.1) is 0 Å². The highest BCUT2D eigenvalue weighted by Gasteiger charge is 2.16. The summed E-state index contributed by atoms with van der Waals surface area (Å²) in [6, 6.07) is 3.23. The SMILES string of the molecule is CC(=O)c1ccc(N2CCCC2)nc1F. The molecule has 1 aliphatic rings. The molecule has 0 bridgehead atoms. The molecular weight excluding hydrogens is 195 g/mol. The third-order valence-corrected chi connectivity index (χ3v) is 2.64. The Labute approximate surface area is 87.9 Å². The van der Waals surface area contributed by atoms with Crippen LogP contribution in [0.25, 0.3) is 0 Å². The zero-order valence-electron chi connectivity index (χ0n) is 8.66. The molecular formula is C11H13FN2O. The lowest BCUT2D eigenvalue weighted by atomic mass is 10.2. The van der Waals surface area contributed by atoms with Crippen LogP contribution in [0.2, 0.25) is 0 Å². The van der Waals surface area contributed by atoms with Gasteiger partial charge in [0, 0.05) is 13.1 Å². The van der Waals surface area contributed by atoms with Gasteiger partial charge < -0.3 is 4.90 Å². The zero-order valence-corrected chi connectivity index (χ0v) is 8.66. The van der Waals surface area contributed by atoms with E-state index in [2.05, 4.69) is 4.98 Å². The quantitative estimate of drug-likeness (QED) is 0.550. The van der Waals surface area contributed by atoms with Gasteiger partial charge in [0.25, 0.3) is 0 Å². The van der Waals surface area contributed by atoms with Gasteiger partial charge >= 0.3 is 0 Å². The average molecular weight is 208 g/mol. The van der Waals surface area contributed by atoms with Crippen molar-refractivity contribution in [2.75, 3.05) is 18.0 Å². The van der Waals surface area contributed by atoms with Crippen LogP contribution in [0.5, 0.6) is 0 Å². The van der Waals surface area contributed by atoms with E-state index in [1.54, 1.807) is 6.07 Å². The number of carbonyl (C=O) groups excluding carboxylic acids is 1. The molecule has 80 valence electrons. The van der Waals surface area contributed by atoms with E-state index < -0.39 is 5.95 Å². The predicted octanol–water partition coefficient (Wildman–Crippen LogP) is 2.02. The summed E-state index contributed by atoms with van der Waals surface area (Å²) in [5, 5.41) is 0. The van der Waals surface area contributed by atoms with Crippen LogP contribution in [-0.4, -0.2) is 23.9 Å². The number of hydrogen-bond acceptors (Lipinski definition) is 3.